The molecule has 0 saturated carbocycles. The van der Waals surface area contributed by atoms with Crippen LogP contribution in [0.5, 0.6) is 0 Å². The lowest BCUT2D eigenvalue weighted by Crippen LogP contribution is -1.97. The van der Waals surface area contributed by atoms with Crippen LogP contribution >= 0.6 is 31.9 Å². The van der Waals surface area contributed by atoms with E-state index in [0.717, 1.165) is 0 Å². The average molecular weight is 309 g/mol. The number of nitro groups is 1. The summed E-state index contributed by atoms with van der Waals surface area (Å²) < 4.78 is 0. The second-order valence-corrected chi connectivity index (χ2v) is 4.19. The van der Waals surface area contributed by atoms with E-state index in [4.69, 9.17) is 0 Å². The molecule has 1 aromatic carbocycles. The molecule has 1 rings (SSSR count). The molecular formula is C8H7Br2NO2. The maximum Gasteiger partial charge on any atom is 0.273 e. The second kappa shape index (κ2) is 4.72. The largest absolute Gasteiger partial charge is 0.273 e. The molecule has 1 aromatic rings. The molecule has 13 heavy (non-hydrogen) atoms. The van der Waals surface area contributed by atoms with Crippen molar-refractivity contribution in [3.05, 3.63) is 39.9 Å². The van der Waals surface area contributed by atoms with E-state index >= 15 is 0 Å². The molecule has 3 nitrogen and oxygen atoms in total. The van der Waals surface area contributed by atoms with Gasteiger partial charge in [0.1, 0.15) is 0 Å². The Morgan fingerprint density at radius 3 is 2.62 bits per heavy atom. The first kappa shape index (κ1) is 10.7. The summed E-state index contributed by atoms with van der Waals surface area (Å²) in [6.07, 6.45) is 0. The Balaban J connectivity index is 3.11. The maximum atomic E-state index is 10.6. The summed E-state index contributed by atoms with van der Waals surface area (Å²) in [5, 5.41) is 11.3. The lowest BCUT2D eigenvalue weighted by atomic mass is 10.1. The molecule has 0 aliphatic rings. The minimum Gasteiger partial charge on any atom is -0.258 e. The molecule has 0 N–H and O–H groups in total. The molecule has 0 amide bonds. The lowest BCUT2D eigenvalue weighted by Gasteiger charge is -2.05. The van der Waals surface area contributed by atoms with Crippen molar-refractivity contribution in [2.75, 3.05) is 5.33 Å². The molecule has 0 fully saturated rings. The van der Waals surface area contributed by atoms with Crippen LogP contribution in [0.4, 0.5) is 5.69 Å². The number of hydrogen-bond donors (Lipinski definition) is 0. The van der Waals surface area contributed by atoms with Gasteiger partial charge in [0.05, 0.1) is 9.75 Å². The van der Waals surface area contributed by atoms with Gasteiger partial charge in [-0.1, -0.05) is 50.1 Å². The number of nitro benzene ring substituents is 1. The third-order valence-corrected chi connectivity index (χ3v) is 3.94. The highest BCUT2D eigenvalue weighted by Gasteiger charge is 2.17. The van der Waals surface area contributed by atoms with Crippen molar-refractivity contribution >= 4 is 37.5 Å². The van der Waals surface area contributed by atoms with Gasteiger partial charge in [0.25, 0.3) is 5.69 Å². The van der Waals surface area contributed by atoms with E-state index in [1.807, 2.05) is 0 Å². The highest BCUT2D eigenvalue weighted by atomic mass is 79.9. The van der Waals surface area contributed by atoms with Crippen molar-refractivity contribution in [1.29, 1.82) is 0 Å². The van der Waals surface area contributed by atoms with E-state index in [0.29, 0.717) is 10.9 Å². The van der Waals surface area contributed by atoms with Crippen LogP contribution in [-0.4, -0.2) is 10.3 Å². The zero-order valence-corrected chi connectivity index (χ0v) is 9.79. The van der Waals surface area contributed by atoms with Gasteiger partial charge in [0, 0.05) is 17.0 Å². The predicted octanol–water partition coefficient (Wildman–Crippen LogP) is 3.43. The van der Waals surface area contributed by atoms with Crippen LogP contribution < -0.4 is 0 Å². The Morgan fingerprint density at radius 2 is 2.08 bits per heavy atom. The molecule has 1 atom stereocenters. The van der Waals surface area contributed by atoms with Gasteiger partial charge in [-0.05, 0) is 0 Å². The highest BCUT2D eigenvalue weighted by Crippen LogP contribution is 2.31. The summed E-state index contributed by atoms with van der Waals surface area (Å²) in [5.41, 5.74) is 0.855. The van der Waals surface area contributed by atoms with Crippen molar-refractivity contribution in [2.24, 2.45) is 0 Å². The first-order valence-electron chi connectivity index (χ1n) is 3.60. The number of halogens is 2. The molecule has 0 saturated heterocycles. The Bertz CT molecular complexity index is 317. The molecule has 0 aliphatic carbocycles. The number of hydrogen-bond acceptors (Lipinski definition) is 2. The fourth-order valence-corrected chi connectivity index (χ4v) is 1.74. The first-order chi connectivity index (χ1) is 6.16. The van der Waals surface area contributed by atoms with Gasteiger partial charge in [-0.15, -0.1) is 0 Å². The van der Waals surface area contributed by atoms with E-state index in [1.165, 1.54) is 6.07 Å². The SMILES string of the molecule is O=[N+]([O-])c1ccccc1C(Br)CBr. The third kappa shape index (κ3) is 2.51. The molecule has 0 aliphatic heterocycles. The van der Waals surface area contributed by atoms with Gasteiger partial charge in [0.2, 0.25) is 0 Å². The highest BCUT2D eigenvalue weighted by molar-refractivity contribution is 9.12. The second-order valence-electron chi connectivity index (χ2n) is 2.44. The summed E-state index contributed by atoms with van der Waals surface area (Å²) in [6.45, 7) is 0. The standard InChI is InChI=1S/C8H7Br2NO2/c9-5-7(10)6-3-1-2-4-8(6)11(12)13/h1-4,7H,5H2. The zero-order valence-electron chi connectivity index (χ0n) is 6.61. The molecule has 0 radical (unpaired) electrons. The van der Waals surface area contributed by atoms with Crippen molar-refractivity contribution in [3.8, 4) is 0 Å². The fourth-order valence-electron chi connectivity index (χ4n) is 1.00. The van der Waals surface area contributed by atoms with Gasteiger partial charge < -0.3 is 0 Å². The van der Waals surface area contributed by atoms with Crippen molar-refractivity contribution in [3.63, 3.8) is 0 Å². The molecule has 0 aromatic heterocycles. The average Bonchev–Trinajstić information content (AvgIpc) is 2.16. The lowest BCUT2D eigenvalue weighted by molar-refractivity contribution is -0.385. The zero-order chi connectivity index (χ0) is 9.84. The Labute approximate surface area is 92.5 Å². The minimum absolute atomic E-state index is 0.0194. The minimum atomic E-state index is -0.369. The van der Waals surface area contributed by atoms with E-state index in [9.17, 15) is 10.1 Å². The molecule has 0 bridgehead atoms. The van der Waals surface area contributed by atoms with Crippen LogP contribution in [-0.2, 0) is 0 Å². The predicted molar refractivity (Wildman–Crippen MR) is 58.6 cm³/mol. The van der Waals surface area contributed by atoms with Gasteiger partial charge in [-0.3, -0.25) is 10.1 Å². The van der Waals surface area contributed by atoms with Crippen LogP contribution in [0.25, 0.3) is 0 Å². The molecule has 0 spiro atoms. The molecule has 70 valence electrons. The van der Waals surface area contributed by atoms with Gasteiger partial charge in [-0.25, -0.2) is 0 Å². The number of nitrogens with zero attached hydrogens (tertiary/aromatic N) is 1. The topological polar surface area (TPSA) is 43.1 Å². The quantitative estimate of drug-likeness (QED) is 0.488. The summed E-state index contributed by atoms with van der Waals surface area (Å²) in [4.78, 5) is 10.2. The van der Waals surface area contributed by atoms with Crippen molar-refractivity contribution in [1.82, 2.24) is 0 Å². The van der Waals surface area contributed by atoms with Crippen LogP contribution in [0.3, 0.4) is 0 Å². The summed E-state index contributed by atoms with van der Waals surface area (Å²) in [7, 11) is 0. The van der Waals surface area contributed by atoms with Crippen LogP contribution in [0, 0.1) is 10.1 Å². The van der Waals surface area contributed by atoms with Gasteiger partial charge in [-0.2, -0.15) is 0 Å². The Hall–Kier alpha value is -0.420. The Kier molecular flexibility index (Phi) is 3.87. The fraction of sp³-hybridized carbons (Fsp3) is 0.250. The number of alkyl halides is 2. The smallest absolute Gasteiger partial charge is 0.258 e. The first-order valence-corrected chi connectivity index (χ1v) is 5.64. The van der Waals surface area contributed by atoms with E-state index < -0.39 is 0 Å². The van der Waals surface area contributed by atoms with Gasteiger partial charge in [0.15, 0.2) is 0 Å². The van der Waals surface area contributed by atoms with Crippen LogP contribution in [0.15, 0.2) is 24.3 Å². The van der Waals surface area contributed by atoms with Crippen molar-refractivity contribution < 1.29 is 4.92 Å². The molecular weight excluding hydrogens is 302 g/mol. The number of rotatable bonds is 3. The summed E-state index contributed by atoms with van der Waals surface area (Å²) >= 11 is 6.62. The maximum absolute atomic E-state index is 10.6. The van der Waals surface area contributed by atoms with E-state index in [1.54, 1.807) is 18.2 Å². The van der Waals surface area contributed by atoms with Crippen molar-refractivity contribution in [2.45, 2.75) is 4.83 Å². The van der Waals surface area contributed by atoms with Crippen LogP contribution in [0.2, 0.25) is 0 Å². The summed E-state index contributed by atoms with van der Waals surface area (Å²) in [5.74, 6) is 0. The van der Waals surface area contributed by atoms with E-state index in [-0.39, 0.29) is 15.4 Å². The monoisotopic (exact) mass is 307 g/mol. The van der Waals surface area contributed by atoms with Gasteiger partial charge >= 0.3 is 0 Å². The third-order valence-electron chi connectivity index (χ3n) is 1.61. The number of benzene rings is 1. The van der Waals surface area contributed by atoms with E-state index in [2.05, 4.69) is 31.9 Å². The molecule has 0 heterocycles. The summed E-state index contributed by atoms with van der Waals surface area (Å²) in [6, 6.07) is 6.71. The molecule has 1 unspecified atom stereocenters. The van der Waals surface area contributed by atoms with Crippen LogP contribution in [0.1, 0.15) is 10.4 Å². The normalized spacial score (nSPS) is 12.5. The number of para-hydroxylation sites is 1. The Morgan fingerprint density at radius 1 is 1.46 bits per heavy atom. The molecule has 5 heteroatoms.